The van der Waals surface area contributed by atoms with Crippen molar-refractivity contribution in [1.29, 1.82) is 0 Å². The first-order chi connectivity index (χ1) is 6.86. The fourth-order valence-corrected chi connectivity index (χ4v) is 1.53. The Hall–Kier alpha value is -2.03. The normalized spacial score (nSPS) is 11.1. The van der Waals surface area contributed by atoms with Gasteiger partial charge in [0.15, 0.2) is 0 Å². The molecule has 0 atom stereocenters. The van der Waals surface area contributed by atoms with Gasteiger partial charge >= 0.3 is 5.78 Å². The van der Waals surface area contributed by atoms with Crippen molar-refractivity contribution in [2.24, 2.45) is 0 Å². The molecule has 0 fully saturated rings. The van der Waals surface area contributed by atoms with Gasteiger partial charge in [-0.2, -0.15) is 0 Å². The Labute approximate surface area is 78.6 Å². The Morgan fingerprint density at radius 2 is 1.86 bits per heavy atom. The Bertz CT molecular complexity index is 661. The molecule has 2 heterocycles. The lowest BCUT2D eigenvalue weighted by Crippen LogP contribution is -1.99. The SMILES string of the molecule is O=c1c2ccccc2oc2occc12. The first-order valence-electron chi connectivity index (χ1n) is 4.25. The second-order valence-corrected chi connectivity index (χ2v) is 3.05. The standard InChI is InChI=1S/C11H6O3/c12-10-7-3-1-2-4-9(7)14-11-8(10)5-6-13-11/h1-6H. The monoisotopic (exact) mass is 186 g/mol. The van der Waals surface area contributed by atoms with Gasteiger partial charge < -0.3 is 8.83 Å². The second-order valence-electron chi connectivity index (χ2n) is 3.05. The van der Waals surface area contributed by atoms with Gasteiger partial charge in [-0.3, -0.25) is 4.79 Å². The van der Waals surface area contributed by atoms with Crippen LogP contribution < -0.4 is 5.43 Å². The zero-order chi connectivity index (χ0) is 9.54. The van der Waals surface area contributed by atoms with Crippen LogP contribution in [0.5, 0.6) is 0 Å². The van der Waals surface area contributed by atoms with Crippen molar-refractivity contribution in [2.45, 2.75) is 0 Å². The van der Waals surface area contributed by atoms with Crippen molar-refractivity contribution in [3.8, 4) is 0 Å². The highest BCUT2D eigenvalue weighted by Gasteiger charge is 2.08. The Balaban J connectivity index is 2.70. The molecular formula is C11H6O3. The molecule has 3 rings (SSSR count). The third-order valence-corrected chi connectivity index (χ3v) is 2.21. The van der Waals surface area contributed by atoms with Crippen molar-refractivity contribution < 1.29 is 8.83 Å². The van der Waals surface area contributed by atoms with Crippen LogP contribution in [0.4, 0.5) is 0 Å². The number of hydrogen-bond donors (Lipinski definition) is 0. The van der Waals surface area contributed by atoms with E-state index in [1.165, 1.54) is 6.26 Å². The van der Waals surface area contributed by atoms with Crippen LogP contribution in [0.1, 0.15) is 0 Å². The maximum atomic E-state index is 11.8. The van der Waals surface area contributed by atoms with Crippen molar-refractivity contribution in [1.82, 2.24) is 0 Å². The topological polar surface area (TPSA) is 43.4 Å². The molecule has 0 aliphatic rings. The Morgan fingerprint density at radius 1 is 1.00 bits per heavy atom. The van der Waals surface area contributed by atoms with E-state index in [9.17, 15) is 4.79 Å². The first-order valence-corrected chi connectivity index (χ1v) is 4.25. The molecule has 0 saturated heterocycles. The van der Waals surface area contributed by atoms with Crippen LogP contribution in [-0.4, -0.2) is 0 Å². The molecule has 0 saturated carbocycles. The van der Waals surface area contributed by atoms with Gasteiger partial charge in [-0.1, -0.05) is 12.1 Å². The predicted octanol–water partition coefficient (Wildman–Crippen LogP) is 2.54. The molecule has 3 aromatic rings. The molecule has 3 heteroatoms. The van der Waals surface area contributed by atoms with Crippen LogP contribution in [0.3, 0.4) is 0 Å². The van der Waals surface area contributed by atoms with Crippen LogP contribution in [0.15, 0.2) is 50.2 Å². The van der Waals surface area contributed by atoms with Crippen molar-refractivity contribution in [3.63, 3.8) is 0 Å². The smallest absolute Gasteiger partial charge is 0.301 e. The maximum Gasteiger partial charge on any atom is 0.301 e. The van der Waals surface area contributed by atoms with Crippen LogP contribution in [0.25, 0.3) is 22.1 Å². The van der Waals surface area contributed by atoms with Gasteiger partial charge in [-0.25, -0.2) is 0 Å². The molecule has 68 valence electrons. The molecule has 0 spiro atoms. The molecule has 2 aromatic heterocycles. The molecule has 14 heavy (non-hydrogen) atoms. The summed E-state index contributed by atoms with van der Waals surface area (Å²) in [7, 11) is 0. The summed E-state index contributed by atoms with van der Waals surface area (Å²) in [5.41, 5.74) is 0.510. The highest BCUT2D eigenvalue weighted by Crippen LogP contribution is 2.18. The van der Waals surface area contributed by atoms with E-state index in [0.717, 1.165) is 0 Å². The lowest BCUT2D eigenvalue weighted by Gasteiger charge is -1.94. The van der Waals surface area contributed by atoms with Gasteiger partial charge in [0.1, 0.15) is 11.0 Å². The second kappa shape index (κ2) is 2.48. The fourth-order valence-electron chi connectivity index (χ4n) is 1.53. The summed E-state index contributed by atoms with van der Waals surface area (Å²) in [6.45, 7) is 0. The summed E-state index contributed by atoms with van der Waals surface area (Å²) < 4.78 is 10.4. The minimum atomic E-state index is -0.0457. The molecule has 1 aromatic carbocycles. The molecular weight excluding hydrogens is 180 g/mol. The molecule has 0 unspecified atom stereocenters. The summed E-state index contributed by atoms with van der Waals surface area (Å²) in [5, 5.41) is 1.07. The number of para-hydroxylation sites is 1. The number of hydrogen-bond acceptors (Lipinski definition) is 3. The van der Waals surface area contributed by atoms with E-state index in [2.05, 4.69) is 0 Å². The highest BCUT2D eigenvalue weighted by molar-refractivity contribution is 5.87. The zero-order valence-corrected chi connectivity index (χ0v) is 7.19. The summed E-state index contributed by atoms with van der Waals surface area (Å²) >= 11 is 0. The Morgan fingerprint density at radius 3 is 2.79 bits per heavy atom. The van der Waals surface area contributed by atoms with Crippen molar-refractivity contribution in [2.75, 3.05) is 0 Å². The molecule has 0 aliphatic carbocycles. The number of benzene rings is 1. The third kappa shape index (κ3) is 0.836. The molecule has 0 N–H and O–H groups in total. The predicted molar refractivity (Wildman–Crippen MR) is 52.3 cm³/mol. The van der Waals surface area contributed by atoms with E-state index in [0.29, 0.717) is 16.4 Å². The van der Waals surface area contributed by atoms with Crippen molar-refractivity contribution >= 4 is 22.1 Å². The largest absolute Gasteiger partial charge is 0.433 e. The molecule has 0 radical (unpaired) electrons. The number of fused-ring (bicyclic) bond motifs is 2. The average Bonchev–Trinajstić information content (AvgIpc) is 2.66. The van der Waals surface area contributed by atoms with E-state index in [1.807, 2.05) is 12.1 Å². The van der Waals surface area contributed by atoms with E-state index in [-0.39, 0.29) is 11.2 Å². The van der Waals surface area contributed by atoms with Gasteiger partial charge in [0.25, 0.3) is 0 Å². The summed E-state index contributed by atoms with van der Waals surface area (Å²) in [5.74, 6) is 0.286. The van der Waals surface area contributed by atoms with E-state index in [1.54, 1.807) is 18.2 Å². The molecule has 0 aliphatic heterocycles. The minimum absolute atomic E-state index is 0.0457. The average molecular weight is 186 g/mol. The lowest BCUT2D eigenvalue weighted by atomic mass is 10.2. The van der Waals surface area contributed by atoms with Crippen LogP contribution >= 0.6 is 0 Å². The first kappa shape index (κ1) is 7.38. The third-order valence-electron chi connectivity index (χ3n) is 2.21. The summed E-state index contributed by atoms with van der Waals surface area (Å²) in [6.07, 6.45) is 1.45. The van der Waals surface area contributed by atoms with E-state index >= 15 is 0 Å². The summed E-state index contributed by atoms with van der Waals surface area (Å²) in [6, 6.07) is 8.74. The minimum Gasteiger partial charge on any atom is -0.433 e. The van der Waals surface area contributed by atoms with Crippen LogP contribution in [0, 0.1) is 0 Å². The van der Waals surface area contributed by atoms with Crippen LogP contribution in [0.2, 0.25) is 0 Å². The van der Waals surface area contributed by atoms with Gasteiger partial charge in [0, 0.05) is 0 Å². The quantitative estimate of drug-likeness (QED) is 0.541. The molecule has 3 nitrogen and oxygen atoms in total. The van der Waals surface area contributed by atoms with Crippen LogP contribution in [-0.2, 0) is 0 Å². The van der Waals surface area contributed by atoms with Gasteiger partial charge in [-0.05, 0) is 18.2 Å². The van der Waals surface area contributed by atoms with Crippen molar-refractivity contribution in [3.05, 3.63) is 46.8 Å². The number of rotatable bonds is 0. The number of furan rings is 1. The van der Waals surface area contributed by atoms with Gasteiger partial charge in [0.2, 0.25) is 5.43 Å². The maximum absolute atomic E-state index is 11.8. The molecule has 0 amide bonds. The zero-order valence-electron chi connectivity index (χ0n) is 7.19. The van der Waals surface area contributed by atoms with E-state index < -0.39 is 0 Å². The fraction of sp³-hybridized carbons (Fsp3) is 0. The molecule has 0 bridgehead atoms. The summed E-state index contributed by atoms with van der Waals surface area (Å²) in [4.78, 5) is 11.8. The van der Waals surface area contributed by atoms with Gasteiger partial charge in [0.05, 0.1) is 11.6 Å². The lowest BCUT2D eigenvalue weighted by molar-refractivity contribution is 0.494. The Kier molecular flexibility index (Phi) is 1.31. The van der Waals surface area contributed by atoms with Gasteiger partial charge in [-0.15, -0.1) is 0 Å². The highest BCUT2D eigenvalue weighted by atomic mass is 16.5. The van der Waals surface area contributed by atoms with E-state index in [4.69, 9.17) is 8.83 Å².